The Hall–Kier alpha value is -1.29. The number of nitrogens with zero attached hydrogens (tertiary/aromatic N) is 1. The van der Waals surface area contributed by atoms with Crippen LogP contribution in [0.15, 0.2) is 18.2 Å². The van der Waals surface area contributed by atoms with E-state index < -0.39 is 0 Å². The molecule has 1 nitrogen and oxygen atoms in total. The van der Waals surface area contributed by atoms with E-state index in [-0.39, 0.29) is 0 Å². The van der Waals surface area contributed by atoms with Gasteiger partial charge in [0.25, 0.3) is 0 Å². The summed E-state index contributed by atoms with van der Waals surface area (Å²) in [5.41, 5.74) is 3.29. The first kappa shape index (κ1) is 8.80. The highest BCUT2D eigenvalue weighted by atomic mass is 14.6. The number of hydrogen-bond donors (Lipinski definition) is 0. The van der Waals surface area contributed by atoms with Crippen LogP contribution in [0.3, 0.4) is 0 Å². The van der Waals surface area contributed by atoms with Gasteiger partial charge in [-0.05, 0) is 18.4 Å². The summed E-state index contributed by atoms with van der Waals surface area (Å²) in [7, 11) is 0. The molecular formula is C11H13N. The molecule has 1 rings (SSSR count). The predicted octanol–water partition coefficient (Wildman–Crippen LogP) is 3.36. The second-order valence-corrected chi connectivity index (χ2v) is 2.78. The maximum atomic E-state index is 6.94. The van der Waals surface area contributed by atoms with Crippen LogP contribution in [-0.4, -0.2) is 0 Å². The maximum Gasteiger partial charge on any atom is 0.190 e. The molecule has 0 amide bonds. The summed E-state index contributed by atoms with van der Waals surface area (Å²) in [6.45, 7) is 11.2. The molecule has 0 N–H and O–H groups in total. The second kappa shape index (κ2) is 3.92. The predicted molar refractivity (Wildman–Crippen MR) is 51.5 cm³/mol. The Bertz CT molecular complexity index is 307. The van der Waals surface area contributed by atoms with Crippen molar-refractivity contribution < 1.29 is 0 Å². The van der Waals surface area contributed by atoms with Crippen LogP contribution >= 0.6 is 0 Å². The largest absolute Gasteiger partial charge is 0.238 e. The molecule has 0 atom stereocenters. The molecule has 0 unspecified atom stereocenters. The van der Waals surface area contributed by atoms with Crippen molar-refractivity contribution in [2.45, 2.75) is 26.7 Å². The van der Waals surface area contributed by atoms with E-state index in [1.807, 2.05) is 12.1 Å². The van der Waals surface area contributed by atoms with Gasteiger partial charge in [0.1, 0.15) is 0 Å². The fourth-order valence-corrected chi connectivity index (χ4v) is 1.25. The van der Waals surface area contributed by atoms with Crippen LogP contribution in [0.25, 0.3) is 4.85 Å². The molecule has 62 valence electrons. The molecule has 0 aliphatic heterocycles. The highest BCUT2D eigenvalue weighted by Gasteiger charge is 1.99. The summed E-state index contributed by atoms with van der Waals surface area (Å²) in [6, 6.07) is 6.09. The molecule has 0 heterocycles. The Morgan fingerprint density at radius 1 is 1.25 bits per heavy atom. The smallest absolute Gasteiger partial charge is 0.190 e. The molecule has 0 fully saturated rings. The van der Waals surface area contributed by atoms with Crippen molar-refractivity contribution >= 4 is 5.69 Å². The van der Waals surface area contributed by atoms with Gasteiger partial charge in [0.2, 0.25) is 0 Å². The van der Waals surface area contributed by atoms with Crippen LogP contribution in [-0.2, 0) is 12.8 Å². The fraction of sp³-hybridized carbons (Fsp3) is 0.364. The first-order chi connectivity index (χ1) is 5.81. The SMILES string of the molecule is [C-]#[N+]c1ccc(CC)cc1CC. The van der Waals surface area contributed by atoms with E-state index in [1.54, 1.807) is 0 Å². The van der Waals surface area contributed by atoms with Gasteiger partial charge in [0, 0.05) is 0 Å². The third-order valence-corrected chi connectivity index (χ3v) is 2.05. The summed E-state index contributed by atoms with van der Waals surface area (Å²) in [6.07, 6.45) is 2.00. The van der Waals surface area contributed by atoms with Gasteiger partial charge >= 0.3 is 0 Å². The number of aryl methyl sites for hydroxylation is 2. The number of hydrogen-bond acceptors (Lipinski definition) is 0. The fourth-order valence-electron chi connectivity index (χ4n) is 1.25. The minimum absolute atomic E-state index is 0.801. The first-order valence-corrected chi connectivity index (χ1v) is 4.31. The molecule has 0 bridgehead atoms. The van der Waals surface area contributed by atoms with Gasteiger partial charge in [-0.15, -0.1) is 0 Å². The van der Waals surface area contributed by atoms with Gasteiger partial charge in [0.15, 0.2) is 5.69 Å². The first-order valence-electron chi connectivity index (χ1n) is 4.31. The van der Waals surface area contributed by atoms with Crippen molar-refractivity contribution in [1.29, 1.82) is 0 Å². The van der Waals surface area contributed by atoms with Crippen LogP contribution in [0.2, 0.25) is 0 Å². The van der Waals surface area contributed by atoms with E-state index in [0.717, 1.165) is 18.5 Å². The van der Waals surface area contributed by atoms with Crippen LogP contribution in [0.1, 0.15) is 25.0 Å². The Labute approximate surface area is 73.9 Å². The van der Waals surface area contributed by atoms with Crippen LogP contribution < -0.4 is 0 Å². The van der Waals surface area contributed by atoms with Crippen molar-refractivity contribution in [2.24, 2.45) is 0 Å². The molecule has 12 heavy (non-hydrogen) atoms. The van der Waals surface area contributed by atoms with Gasteiger partial charge in [0.05, 0.1) is 6.57 Å². The molecule has 0 aromatic heterocycles. The van der Waals surface area contributed by atoms with Crippen molar-refractivity contribution in [3.05, 3.63) is 40.7 Å². The Kier molecular flexibility index (Phi) is 2.88. The van der Waals surface area contributed by atoms with E-state index in [1.165, 1.54) is 11.1 Å². The summed E-state index contributed by atoms with van der Waals surface area (Å²) in [4.78, 5) is 3.47. The minimum atomic E-state index is 0.801. The Morgan fingerprint density at radius 3 is 2.50 bits per heavy atom. The van der Waals surface area contributed by atoms with Crippen LogP contribution in [0.5, 0.6) is 0 Å². The molecule has 0 saturated carbocycles. The van der Waals surface area contributed by atoms with Gasteiger partial charge in [-0.3, -0.25) is 0 Å². The summed E-state index contributed by atoms with van der Waals surface area (Å²) < 4.78 is 0. The van der Waals surface area contributed by atoms with E-state index in [9.17, 15) is 0 Å². The Morgan fingerprint density at radius 2 is 2.00 bits per heavy atom. The molecule has 1 heteroatoms. The summed E-state index contributed by atoms with van der Waals surface area (Å²) in [5, 5.41) is 0. The summed E-state index contributed by atoms with van der Waals surface area (Å²) >= 11 is 0. The average molecular weight is 159 g/mol. The third-order valence-electron chi connectivity index (χ3n) is 2.05. The second-order valence-electron chi connectivity index (χ2n) is 2.78. The van der Waals surface area contributed by atoms with Crippen molar-refractivity contribution in [3.8, 4) is 0 Å². The normalized spacial score (nSPS) is 9.42. The zero-order chi connectivity index (χ0) is 8.97. The lowest BCUT2D eigenvalue weighted by molar-refractivity contribution is 1.09. The molecule has 1 aromatic carbocycles. The van der Waals surface area contributed by atoms with E-state index in [2.05, 4.69) is 24.8 Å². The summed E-state index contributed by atoms with van der Waals surface area (Å²) in [5.74, 6) is 0. The topological polar surface area (TPSA) is 4.36 Å². The zero-order valence-corrected chi connectivity index (χ0v) is 7.59. The van der Waals surface area contributed by atoms with Crippen molar-refractivity contribution in [1.82, 2.24) is 0 Å². The molecule has 0 aliphatic rings. The standard InChI is InChI=1S/C11H13N/c1-4-9-6-7-11(12-3)10(5-2)8-9/h6-8H,4-5H2,1-2H3. The highest BCUT2D eigenvalue weighted by Crippen LogP contribution is 2.21. The number of rotatable bonds is 2. The molecule has 0 aliphatic carbocycles. The molecule has 0 saturated heterocycles. The lowest BCUT2D eigenvalue weighted by atomic mass is 10.1. The van der Waals surface area contributed by atoms with E-state index in [4.69, 9.17) is 6.57 Å². The van der Waals surface area contributed by atoms with E-state index in [0.29, 0.717) is 0 Å². The zero-order valence-electron chi connectivity index (χ0n) is 7.59. The lowest BCUT2D eigenvalue weighted by Gasteiger charge is -2.02. The van der Waals surface area contributed by atoms with Crippen LogP contribution in [0, 0.1) is 6.57 Å². The maximum absolute atomic E-state index is 6.94. The van der Waals surface area contributed by atoms with E-state index >= 15 is 0 Å². The van der Waals surface area contributed by atoms with Crippen molar-refractivity contribution in [2.75, 3.05) is 0 Å². The third kappa shape index (κ3) is 1.65. The van der Waals surface area contributed by atoms with Gasteiger partial charge < -0.3 is 0 Å². The molecular weight excluding hydrogens is 146 g/mol. The van der Waals surface area contributed by atoms with Gasteiger partial charge in [-0.1, -0.05) is 37.6 Å². The van der Waals surface area contributed by atoms with Gasteiger partial charge in [-0.2, -0.15) is 0 Å². The monoisotopic (exact) mass is 159 g/mol. The average Bonchev–Trinajstić information content (AvgIpc) is 2.16. The lowest BCUT2D eigenvalue weighted by Crippen LogP contribution is -1.84. The number of benzene rings is 1. The minimum Gasteiger partial charge on any atom is -0.238 e. The Balaban J connectivity index is 3.13. The quantitative estimate of drug-likeness (QED) is 0.583. The molecule has 0 radical (unpaired) electrons. The van der Waals surface area contributed by atoms with Crippen molar-refractivity contribution in [3.63, 3.8) is 0 Å². The molecule has 0 spiro atoms. The highest BCUT2D eigenvalue weighted by molar-refractivity contribution is 5.53. The van der Waals surface area contributed by atoms with Crippen LogP contribution in [0.4, 0.5) is 5.69 Å². The van der Waals surface area contributed by atoms with Gasteiger partial charge in [-0.25, -0.2) is 4.85 Å². The molecule has 1 aromatic rings.